The summed E-state index contributed by atoms with van der Waals surface area (Å²) in [5, 5.41) is 0. The number of hydrogen-bond acceptors (Lipinski definition) is 3. The third kappa shape index (κ3) is 3.53. The minimum absolute atomic E-state index is 0.336. The van der Waals surface area contributed by atoms with Crippen LogP contribution in [0, 0.1) is 0 Å². The Labute approximate surface area is 104 Å². The zero-order chi connectivity index (χ0) is 12.1. The van der Waals surface area contributed by atoms with Gasteiger partial charge < -0.3 is 10.5 Å². The Morgan fingerprint density at radius 2 is 2.12 bits per heavy atom. The summed E-state index contributed by atoms with van der Waals surface area (Å²) in [7, 11) is 0. The lowest BCUT2D eigenvalue weighted by Gasteiger charge is -2.22. The molecule has 0 spiro atoms. The van der Waals surface area contributed by atoms with E-state index in [9.17, 15) is 0 Å². The quantitative estimate of drug-likeness (QED) is 0.866. The van der Waals surface area contributed by atoms with Crippen molar-refractivity contribution in [2.75, 3.05) is 19.7 Å². The van der Waals surface area contributed by atoms with E-state index in [0.29, 0.717) is 12.6 Å². The second-order valence-corrected chi connectivity index (χ2v) is 4.74. The van der Waals surface area contributed by atoms with Gasteiger partial charge in [0.25, 0.3) is 0 Å². The van der Waals surface area contributed by atoms with Crippen LogP contribution in [0.4, 0.5) is 0 Å². The maximum Gasteiger partial charge on any atom is 0.0674 e. The van der Waals surface area contributed by atoms with Crippen molar-refractivity contribution in [2.24, 2.45) is 5.73 Å². The molecule has 1 saturated heterocycles. The molecule has 0 aliphatic carbocycles. The number of benzene rings is 1. The molecule has 3 nitrogen and oxygen atoms in total. The van der Waals surface area contributed by atoms with Crippen molar-refractivity contribution in [2.45, 2.75) is 32.5 Å². The molecule has 1 aromatic carbocycles. The number of rotatable bonds is 3. The highest BCUT2D eigenvalue weighted by Gasteiger charge is 2.15. The van der Waals surface area contributed by atoms with Gasteiger partial charge in [0, 0.05) is 32.8 Å². The van der Waals surface area contributed by atoms with Crippen molar-refractivity contribution >= 4 is 0 Å². The number of ether oxygens (including phenoxy) is 1. The van der Waals surface area contributed by atoms with E-state index in [4.69, 9.17) is 10.5 Å². The molecule has 0 radical (unpaired) electrons. The second kappa shape index (κ2) is 6.15. The van der Waals surface area contributed by atoms with Gasteiger partial charge in [-0.3, -0.25) is 4.90 Å². The first-order valence-corrected chi connectivity index (χ1v) is 6.40. The molecule has 0 bridgehead atoms. The molecule has 1 atom stereocenters. The van der Waals surface area contributed by atoms with Gasteiger partial charge in [0.05, 0.1) is 6.10 Å². The molecule has 1 aromatic rings. The molecule has 1 fully saturated rings. The summed E-state index contributed by atoms with van der Waals surface area (Å²) in [6.45, 7) is 6.77. The van der Waals surface area contributed by atoms with Crippen LogP contribution < -0.4 is 5.73 Å². The molecule has 1 aliphatic heterocycles. The molecule has 17 heavy (non-hydrogen) atoms. The lowest BCUT2D eigenvalue weighted by atomic mass is 10.1. The van der Waals surface area contributed by atoms with Crippen LogP contribution in [-0.2, 0) is 17.8 Å². The van der Waals surface area contributed by atoms with E-state index in [2.05, 4.69) is 36.1 Å². The van der Waals surface area contributed by atoms with E-state index < -0.39 is 0 Å². The van der Waals surface area contributed by atoms with Crippen molar-refractivity contribution in [3.05, 3.63) is 35.4 Å². The molecular formula is C14H22N2O. The van der Waals surface area contributed by atoms with Gasteiger partial charge in [-0.15, -0.1) is 0 Å². The van der Waals surface area contributed by atoms with Crippen LogP contribution in [0.3, 0.4) is 0 Å². The molecule has 2 rings (SSSR count). The highest BCUT2D eigenvalue weighted by Crippen LogP contribution is 2.14. The Morgan fingerprint density at radius 1 is 1.35 bits per heavy atom. The Morgan fingerprint density at radius 3 is 2.88 bits per heavy atom. The van der Waals surface area contributed by atoms with Crippen molar-refractivity contribution in [1.82, 2.24) is 4.90 Å². The Hall–Kier alpha value is -0.900. The molecule has 1 unspecified atom stereocenters. The third-order valence-electron chi connectivity index (χ3n) is 3.27. The first-order valence-electron chi connectivity index (χ1n) is 6.40. The van der Waals surface area contributed by atoms with Crippen LogP contribution in [0.25, 0.3) is 0 Å². The van der Waals surface area contributed by atoms with Gasteiger partial charge in [-0.2, -0.15) is 0 Å². The smallest absolute Gasteiger partial charge is 0.0674 e. The van der Waals surface area contributed by atoms with Crippen LogP contribution in [-0.4, -0.2) is 30.7 Å². The first kappa shape index (κ1) is 12.6. The highest BCUT2D eigenvalue weighted by molar-refractivity contribution is 5.26. The van der Waals surface area contributed by atoms with Gasteiger partial charge in [0.1, 0.15) is 0 Å². The Bertz CT molecular complexity index is 354. The summed E-state index contributed by atoms with van der Waals surface area (Å²) in [6.07, 6.45) is 1.46. The zero-order valence-electron chi connectivity index (χ0n) is 10.6. The van der Waals surface area contributed by atoms with Gasteiger partial charge in [0.2, 0.25) is 0 Å². The summed E-state index contributed by atoms with van der Waals surface area (Å²) in [4.78, 5) is 2.46. The predicted molar refractivity (Wildman–Crippen MR) is 69.6 cm³/mol. The van der Waals surface area contributed by atoms with E-state index in [1.807, 2.05) is 0 Å². The highest BCUT2D eigenvalue weighted by atomic mass is 16.5. The fraction of sp³-hybridized carbons (Fsp3) is 0.571. The largest absolute Gasteiger partial charge is 0.377 e. The van der Waals surface area contributed by atoms with Crippen LogP contribution >= 0.6 is 0 Å². The lowest BCUT2D eigenvalue weighted by molar-refractivity contribution is 0.0667. The number of nitrogens with zero attached hydrogens (tertiary/aromatic N) is 1. The first-order chi connectivity index (χ1) is 8.29. The fourth-order valence-corrected chi connectivity index (χ4v) is 2.38. The van der Waals surface area contributed by atoms with E-state index in [0.717, 1.165) is 32.7 Å². The summed E-state index contributed by atoms with van der Waals surface area (Å²) < 4.78 is 5.66. The van der Waals surface area contributed by atoms with E-state index >= 15 is 0 Å². The molecular weight excluding hydrogens is 212 g/mol. The van der Waals surface area contributed by atoms with Crippen molar-refractivity contribution < 1.29 is 4.74 Å². The normalized spacial score (nSPS) is 22.4. The molecule has 1 heterocycles. The van der Waals surface area contributed by atoms with Gasteiger partial charge in [-0.1, -0.05) is 24.3 Å². The maximum atomic E-state index is 5.77. The summed E-state index contributed by atoms with van der Waals surface area (Å²) >= 11 is 0. The monoisotopic (exact) mass is 234 g/mol. The average Bonchev–Trinajstić information content (AvgIpc) is 2.54. The van der Waals surface area contributed by atoms with Crippen molar-refractivity contribution in [3.8, 4) is 0 Å². The molecule has 0 amide bonds. The lowest BCUT2D eigenvalue weighted by Crippen LogP contribution is -2.30. The van der Waals surface area contributed by atoms with Gasteiger partial charge >= 0.3 is 0 Å². The standard InChI is InChI=1S/C14H22N2O/c1-12-10-16(7-4-8-17-12)11-14-6-3-2-5-13(14)9-15/h2-3,5-6,12H,4,7-11,15H2,1H3. The maximum absolute atomic E-state index is 5.77. The van der Waals surface area contributed by atoms with Gasteiger partial charge in [0.15, 0.2) is 0 Å². The van der Waals surface area contributed by atoms with Crippen molar-refractivity contribution in [3.63, 3.8) is 0 Å². The van der Waals surface area contributed by atoms with E-state index in [1.165, 1.54) is 11.1 Å². The summed E-state index contributed by atoms with van der Waals surface area (Å²) in [5.41, 5.74) is 8.38. The van der Waals surface area contributed by atoms with Crippen LogP contribution in [0.1, 0.15) is 24.5 Å². The third-order valence-corrected chi connectivity index (χ3v) is 3.27. The van der Waals surface area contributed by atoms with Crippen LogP contribution in [0.5, 0.6) is 0 Å². The second-order valence-electron chi connectivity index (χ2n) is 4.74. The van der Waals surface area contributed by atoms with E-state index in [1.54, 1.807) is 0 Å². The molecule has 0 aromatic heterocycles. The van der Waals surface area contributed by atoms with Crippen LogP contribution in [0.2, 0.25) is 0 Å². The Balaban J connectivity index is 2.03. The minimum atomic E-state index is 0.336. The SMILES string of the molecule is CC1CN(Cc2ccccc2CN)CCCO1. The Kier molecular flexibility index (Phi) is 4.54. The molecule has 94 valence electrons. The minimum Gasteiger partial charge on any atom is -0.377 e. The van der Waals surface area contributed by atoms with Gasteiger partial charge in [-0.05, 0) is 24.5 Å². The molecule has 1 aliphatic rings. The average molecular weight is 234 g/mol. The summed E-state index contributed by atoms with van der Waals surface area (Å²) in [5.74, 6) is 0. The molecule has 3 heteroatoms. The molecule has 0 saturated carbocycles. The molecule has 2 N–H and O–H groups in total. The van der Waals surface area contributed by atoms with Crippen molar-refractivity contribution in [1.29, 1.82) is 0 Å². The number of nitrogens with two attached hydrogens (primary N) is 1. The van der Waals surface area contributed by atoms with Gasteiger partial charge in [-0.25, -0.2) is 0 Å². The zero-order valence-corrected chi connectivity index (χ0v) is 10.6. The number of hydrogen-bond donors (Lipinski definition) is 1. The predicted octanol–water partition coefficient (Wildman–Crippen LogP) is 1.76. The summed E-state index contributed by atoms with van der Waals surface area (Å²) in [6, 6.07) is 8.44. The topological polar surface area (TPSA) is 38.5 Å². The van der Waals surface area contributed by atoms with E-state index in [-0.39, 0.29) is 0 Å². The van der Waals surface area contributed by atoms with Crippen LogP contribution in [0.15, 0.2) is 24.3 Å². The fourth-order valence-electron chi connectivity index (χ4n) is 2.38.